The minimum absolute atomic E-state index is 0.0528. The Morgan fingerprint density at radius 3 is 2.83 bits per heavy atom. The van der Waals surface area contributed by atoms with Gasteiger partial charge in [-0.1, -0.05) is 13.8 Å². The predicted molar refractivity (Wildman–Crippen MR) is 79.6 cm³/mol. The number of hydrogen-bond acceptors (Lipinski definition) is 5. The molecule has 3 heterocycles. The van der Waals surface area contributed by atoms with Crippen LogP contribution in [0.25, 0.3) is 5.78 Å². The molecule has 2 aliphatic rings. The van der Waals surface area contributed by atoms with E-state index in [1.165, 1.54) is 10.8 Å². The summed E-state index contributed by atoms with van der Waals surface area (Å²) in [6.07, 6.45) is -2.24. The van der Waals surface area contributed by atoms with Gasteiger partial charge in [0.1, 0.15) is 12.1 Å². The molecule has 1 aliphatic carbocycles. The molecule has 4 rings (SSSR count). The van der Waals surface area contributed by atoms with Crippen molar-refractivity contribution in [2.75, 3.05) is 18.6 Å². The predicted octanol–water partition coefficient (Wildman–Crippen LogP) is 2.39. The van der Waals surface area contributed by atoms with Gasteiger partial charge in [-0.05, 0) is 6.42 Å². The van der Waals surface area contributed by atoms with Gasteiger partial charge < -0.3 is 9.64 Å². The Hall–Kier alpha value is -1.90. The maximum Gasteiger partial charge on any atom is 0.433 e. The summed E-state index contributed by atoms with van der Waals surface area (Å²) >= 11 is 0. The third-order valence-corrected chi connectivity index (χ3v) is 5.34. The molecule has 0 spiro atoms. The first-order valence-electron chi connectivity index (χ1n) is 7.83. The molecular formula is C15H18F3N5O. The van der Waals surface area contributed by atoms with Crippen molar-refractivity contribution >= 4 is 11.6 Å². The molecule has 0 radical (unpaired) electrons. The van der Waals surface area contributed by atoms with Gasteiger partial charge in [0.05, 0.1) is 6.10 Å². The zero-order valence-corrected chi connectivity index (χ0v) is 13.6. The number of rotatable bonds is 2. The number of alkyl halides is 3. The molecule has 2 aromatic rings. The number of aromatic nitrogens is 4. The molecule has 9 heteroatoms. The lowest BCUT2D eigenvalue weighted by Crippen LogP contribution is -2.66. The second kappa shape index (κ2) is 4.81. The van der Waals surface area contributed by atoms with E-state index in [2.05, 4.69) is 28.9 Å². The van der Waals surface area contributed by atoms with Crippen LogP contribution in [-0.4, -0.2) is 45.4 Å². The molecule has 1 saturated carbocycles. The van der Waals surface area contributed by atoms with E-state index in [-0.39, 0.29) is 23.3 Å². The molecule has 0 amide bonds. The number of hydrogen-bond donors (Lipinski definition) is 0. The van der Waals surface area contributed by atoms with Gasteiger partial charge in [0, 0.05) is 37.1 Å². The van der Waals surface area contributed by atoms with Gasteiger partial charge in [0.2, 0.25) is 0 Å². The first kappa shape index (κ1) is 15.6. The maximum atomic E-state index is 13.2. The van der Waals surface area contributed by atoms with Crippen LogP contribution in [0.15, 0.2) is 12.4 Å². The number of ether oxygens (including phenoxy) is 1. The lowest BCUT2D eigenvalue weighted by atomic mass is 9.57. The highest BCUT2D eigenvalue weighted by Crippen LogP contribution is 2.54. The van der Waals surface area contributed by atoms with Crippen LogP contribution in [0.4, 0.5) is 19.0 Å². The highest BCUT2D eigenvalue weighted by molar-refractivity contribution is 5.49. The highest BCUT2D eigenvalue weighted by Gasteiger charge is 2.61. The molecule has 0 bridgehead atoms. The minimum Gasteiger partial charge on any atom is -0.377 e. The fourth-order valence-corrected chi connectivity index (χ4v) is 4.42. The van der Waals surface area contributed by atoms with Crippen LogP contribution in [-0.2, 0) is 10.9 Å². The fraction of sp³-hybridized carbons (Fsp3) is 0.667. The summed E-state index contributed by atoms with van der Waals surface area (Å²) in [6.45, 7) is 4.88. The zero-order chi connectivity index (χ0) is 17.3. The van der Waals surface area contributed by atoms with Crippen molar-refractivity contribution in [1.29, 1.82) is 0 Å². The molecule has 6 nitrogen and oxygen atoms in total. The quantitative estimate of drug-likeness (QED) is 0.840. The monoisotopic (exact) mass is 341 g/mol. The molecular weight excluding hydrogens is 323 g/mol. The van der Waals surface area contributed by atoms with E-state index in [9.17, 15) is 13.2 Å². The Kier molecular flexibility index (Phi) is 3.13. The van der Waals surface area contributed by atoms with Crippen LogP contribution in [0.2, 0.25) is 0 Å². The Morgan fingerprint density at radius 1 is 1.38 bits per heavy atom. The van der Waals surface area contributed by atoms with Crippen LogP contribution in [0.1, 0.15) is 26.0 Å². The highest BCUT2D eigenvalue weighted by atomic mass is 19.4. The molecule has 2 fully saturated rings. The number of halogens is 3. The second-order valence-electron chi connectivity index (χ2n) is 7.09. The van der Waals surface area contributed by atoms with Crippen molar-refractivity contribution in [1.82, 2.24) is 19.6 Å². The van der Waals surface area contributed by atoms with Crippen LogP contribution in [0.3, 0.4) is 0 Å². The van der Waals surface area contributed by atoms with Crippen LogP contribution >= 0.6 is 0 Å². The van der Waals surface area contributed by atoms with Gasteiger partial charge in [-0.25, -0.2) is 4.98 Å². The molecule has 3 unspecified atom stereocenters. The molecule has 24 heavy (non-hydrogen) atoms. The summed E-state index contributed by atoms with van der Waals surface area (Å²) < 4.78 is 46.6. The second-order valence-corrected chi connectivity index (χ2v) is 7.09. The molecule has 130 valence electrons. The fourth-order valence-electron chi connectivity index (χ4n) is 4.42. The Bertz CT molecular complexity index is 787. The average Bonchev–Trinajstić information content (AvgIpc) is 3.11. The van der Waals surface area contributed by atoms with Gasteiger partial charge in [-0.3, -0.25) is 0 Å². The van der Waals surface area contributed by atoms with E-state index >= 15 is 0 Å². The molecule has 2 aromatic heterocycles. The lowest BCUT2D eigenvalue weighted by Gasteiger charge is -2.58. The third kappa shape index (κ3) is 2.03. The largest absolute Gasteiger partial charge is 0.433 e. The molecule has 1 aliphatic heterocycles. The van der Waals surface area contributed by atoms with Gasteiger partial charge >= 0.3 is 6.18 Å². The Morgan fingerprint density at radius 2 is 2.12 bits per heavy atom. The summed E-state index contributed by atoms with van der Waals surface area (Å²) in [6, 6.07) is 1.11. The Labute approximate surface area is 136 Å². The lowest BCUT2D eigenvalue weighted by molar-refractivity contribution is -0.141. The van der Waals surface area contributed by atoms with Gasteiger partial charge in [-0.15, -0.1) is 0 Å². The first-order valence-corrected chi connectivity index (χ1v) is 7.83. The number of anilines is 1. The molecule has 3 atom stereocenters. The van der Waals surface area contributed by atoms with Crippen molar-refractivity contribution in [3.05, 3.63) is 18.1 Å². The van der Waals surface area contributed by atoms with Crippen molar-refractivity contribution in [2.24, 2.45) is 11.3 Å². The summed E-state index contributed by atoms with van der Waals surface area (Å²) in [5, 5.41) is 4.04. The van der Waals surface area contributed by atoms with Crippen LogP contribution in [0.5, 0.6) is 0 Å². The standard InChI is InChI=1S/C15H18F3N5O/c1-14(2)11(8-4-5-24-12(8)14)22(3)10-6-9(15(16,17)18)21-13-19-7-20-23(10)13/h6-8,11-12H,4-5H2,1-3H3. The smallest absolute Gasteiger partial charge is 0.377 e. The summed E-state index contributed by atoms with van der Waals surface area (Å²) in [7, 11) is 1.80. The van der Waals surface area contributed by atoms with Gasteiger partial charge in [0.25, 0.3) is 5.78 Å². The number of fused-ring (bicyclic) bond motifs is 2. The van der Waals surface area contributed by atoms with E-state index in [0.717, 1.165) is 12.5 Å². The third-order valence-electron chi connectivity index (χ3n) is 5.34. The number of nitrogens with zero attached hydrogens (tertiary/aromatic N) is 5. The van der Waals surface area contributed by atoms with E-state index in [1.807, 2.05) is 4.90 Å². The SMILES string of the molecule is CN(c1cc(C(F)(F)F)nc2ncnn12)C1C2CCOC2C1(C)C. The van der Waals surface area contributed by atoms with E-state index in [4.69, 9.17) is 4.74 Å². The van der Waals surface area contributed by atoms with Crippen LogP contribution in [0, 0.1) is 11.3 Å². The maximum absolute atomic E-state index is 13.2. The van der Waals surface area contributed by atoms with Gasteiger partial charge in [-0.2, -0.15) is 27.8 Å². The molecule has 1 saturated heterocycles. The molecule has 0 aromatic carbocycles. The normalized spacial score (nSPS) is 28.7. The molecule has 0 N–H and O–H groups in total. The van der Waals surface area contributed by atoms with E-state index < -0.39 is 11.9 Å². The zero-order valence-electron chi connectivity index (χ0n) is 13.6. The van der Waals surface area contributed by atoms with Crippen molar-refractivity contribution in [3.8, 4) is 0 Å². The Balaban J connectivity index is 1.79. The van der Waals surface area contributed by atoms with E-state index in [1.54, 1.807) is 7.05 Å². The van der Waals surface area contributed by atoms with Crippen LogP contribution < -0.4 is 4.90 Å². The minimum atomic E-state index is -4.53. The van der Waals surface area contributed by atoms with E-state index in [0.29, 0.717) is 18.3 Å². The van der Waals surface area contributed by atoms with Crippen molar-refractivity contribution < 1.29 is 17.9 Å². The first-order chi connectivity index (χ1) is 11.2. The summed E-state index contributed by atoms with van der Waals surface area (Å²) in [5.74, 6) is 0.599. The van der Waals surface area contributed by atoms with Crippen molar-refractivity contribution in [2.45, 2.75) is 38.6 Å². The topological polar surface area (TPSA) is 55.6 Å². The summed E-state index contributed by atoms with van der Waals surface area (Å²) in [4.78, 5) is 9.27. The van der Waals surface area contributed by atoms with Crippen molar-refractivity contribution in [3.63, 3.8) is 0 Å². The van der Waals surface area contributed by atoms with Gasteiger partial charge in [0.15, 0.2) is 5.69 Å². The average molecular weight is 341 g/mol. The summed E-state index contributed by atoms with van der Waals surface area (Å²) in [5.41, 5.74) is -1.11.